The molecule has 0 saturated carbocycles. The largest absolute Gasteiger partial charge is 0.490 e. The first-order chi connectivity index (χ1) is 6.19. The molecule has 1 aliphatic rings. The van der Waals surface area contributed by atoms with Gasteiger partial charge in [-0.1, -0.05) is 17.7 Å². The lowest BCUT2D eigenvalue weighted by atomic mass is 10.0. The van der Waals surface area contributed by atoms with Crippen molar-refractivity contribution in [2.45, 2.75) is 13.3 Å². The predicted molar refractivity (Wildman–Crippen MR) is 47.9 cm³/mol. The molecule has 0 fully saturated rings. The molecule has 0 radical (unpaired) electrons. The fourth-order valence-corrected chi connectivity index (χ4v) is 1.45. The summed E-state index contributed by atoms with van der Waals surface area (Å²) >= 11 is 5.71. The molecule has 1 rings (SSSR count). The van der Waals surface area contributed by atoms with Crippen molar-refractivity contribution in [1.82, 2.24) is 0 Å². The Balaban J connectivity index is 2.84. The van der Waals surface area contributed by atoms with Gasteiger partial charge in [0.05, 0.1) is 11.6 Å². The van der Waals surface area contributed by atoms with Crippen molar-refractivity contribution in [2.24, 2.45) is 5.92 Å². The zero-order chi connectivity index (χ0) is 9.84. The molecule has 13 heavy (non-hydrogen) atoms. The van der Waals surface area contributed by atoms with Gasteiger partial charge in [-0.05, 0) is 6.92 Å². The van der Waals surface area contributed by atoms with E-state index in [1.165, 1.54) is 6.08 Å². The molecular weight excluding hydrogens is 195 g/mol. The highest BCUT2D eigenvalue weighted by Gasteiger charge is 2.22. The van der Waals surface area contributed by atoms with E-state index in [-0.39, 0.29) is 17.2 Å². The quantitative estimate of drug-likeness (QED) is 0.661. The molecule has 1 atom stereocenters. The second-order valence-corrected chi connectivity index (χ2v) is 3.09. The van der Waals surface area contributed by atoms with E-state index in [1.807, 2.05) is 0 Å². The van der Waals surface area contributed by atoms with Crippen LogP contribution in [0.3, 0.4) is 0 Å². The maximum atomic E-state index is 13.2. The van der Waals surface area contributed by atoms with Crippen LogP contribution in [-0.4, -0.2) is 12.9 Å². The van der Waals surface area contributed by atoms with Crippen molar-refractivity contribution >= 4 is 17.9 Å². The minimum atomic E-state index is -0.461. The molecule has 72 valence electrons. The van der Waals surface area contributed by atoms with E-state index in [4.69, 9.17) is 16.3 Å². The summed E-state index contributed by atoms with van der Waals surface area (Å²) in [4.78, 5) is 10.4. The summed E-state index contributed by atoms with van der Waals surface area (Å²) in [7, 11) is 0. The second kappa shape index (κ2) is 4.42. The van der Waals surface area contributed by atoms with Gasteiger partial charge in [-0.15, -0.1) is 0 Å². The molecule has 0 spiro atoms. The summed E-state index contributed by atoms with van der Waals surface area (Å²) in [5.74, 6) is -0.842. The number of allylic oxidation sites excluding steroid dienone is 3. The van der Waals surface area contributed by atoms with Crippen molar-refractivity contribution in [2.75, 3.05) is 6.61 Å². The van der Waals surface area contributed by atoms with Crippen LogP contribution in [0.2, 0.25) is 0 Å². The first kappa shape index (κ1) is 10.3. The van der Waals surface area contributed by atoms with Crippen molar-refractivity contribution < 1.29 is 13.9 Å². The van der Waals surface area contributed by atoms with Gasteiger partial charge in [0.15, 0.2) is 5.76 Å². The number of rotatable bonds is 3. The van der Waals surface area contributed by atoms with Crippen molar-refractivity contribution in [3.05, 3.63) is 22.7 Å². The average molecular weight is 205 g/mol. The molecule has 0 aromatic heterocycles. The topological polar surface area (TPSA) is 26.3 Å². The third kappa shape index (κ3) is 2.31. The van der Waals surface area contributed by atoms with E-state index in [0.717, 1.165) is 0 Å². The standard InChI is InChI=1S/C9H10ClFO2/c1-2-13-9-7(10)3-6(5-12)4-8(9)11/h3,5-6H,2,4H2,1H3. The van der Waals surface area contributed by atoms with Gasteiger partial charge in [-0.25, -0.2) is 4.39 Å². The lowest BCUT2D eigenvalue weighted by molar-refractivity contribution is -0.110. The van der Waals surface area contributed by atoms with Crippen molar-refractivity contribution in [1.29, 1.82) is 0 Å². The lowest BCUT2D eigenvalue weighted by Gasteiger charge is -2.16. The van der Waals surface area contributed by atoms with Crippen molar-refractivity contribution in [3.63, 3.8) is 0 Å². The summed E-state index contributed by atoms with van der Waals surface area (Å²) < 4.78 is 18.2. The maximum absolute atomic E-state index is 13.2. The highest BCUT2D eigenvalue weighted by atomic mass is 35.5. The van der Waals surface area contributed by atoms with Gasteiger partial charge >= 0.3 is 0 Å². The third-order valence-electron chi connectivity index (χ3n) is 1.70. The van der Waals surface area contributed by atoms with Crippen LogP contribution in [-0.2, 0) is 9.53 Å². The summed E-state index contributed by atoms with van der Waals surface area (Å²) in [6.07, 6.45) is 2.22. The fourth-order valence-electron chi connectivity index (χ4n) is 1.13. The van der Waals surface area contributed by atoms with E-state index in [9.17, 15) is 9.18 Å². The van der Waals surface area contributed by atoms with Gasteiger partial charge < -0.3 is 9.53 Å². The maximum Gasteiger partial charge on any atom is 0.168 e. The van der Waals surface area contributed by atoms with Crippen LogP contribution in [0.5, 0.6) is 0 Å². The van der Waals surface area contributed by atoms with Crippen LogP contribution in [0.4, 0.5) is 4.39 Å². The molecule has 1 unspecified atom stereocenters. The number of hydrogen-bond acceptors (Lipinski definition) is 2. The monoisotopic (exact) mass is 204 g/mol. The molecule has 2 nitrogen and oxygen atoms in total. The Kier molecular flexibility index (Phi) is 3.48. The van der Waals surface area contributed by atoms with Crippen molar-refractivity contribution in [3.8, 4) is 0 Å². The summed E-state index contributed by atoms with van der Waals surface area (Å²) in [6.45, 7) is 2.11. The van der Waals surface area contributed by atoms with E-state index < -0.39 is 11.7 Å². The second-order valence-electron chi connectivity index (χ2n) is 2.69. The third-order valence-corrected chi connectivity index (χ3v) is 2.00. The molecule has 0 heterocycles. The minimum absolute atomic E-state index is 0.0506. The molecule has 4 heteroatoms. The molecule has 0 N–H and O–H groups in total. The van der Waals surface area contributed by atoms with Gasteiger partial charge in [0, 0.05) is 12.3 Å². The first-order valence-corrected chi connectivity index (χ1v) is 4.41. The van der Waals surface area contributed by atoms with Gasteiger partial charge in [-0.2, -0.15) is 0 Å². The molecule has 0 aromatic carbocycles. The number of carbonyl (C=O) groups is 1. The number of halogens is 2. The van der Waals surface area contributed by atoms with Gasteiger partial charge in [0.25, 0.3) is 0 Å². The summed E-state index contributed by atoms with van der Waals surface area (Å²) in [5.41, 5.74) is 0. The number of aldehydes is 1. The van der Waals surface area contributed by atoms with Gasteiger partial charge in [0.1, 0.15) is 12.1 Å². The first-order valence-electron chi connectivity index (χ1n) is 4.03. The smallest absolute Gasteiger partial charge is 0.168 e. The molecule has 1 aliphatic carbocycles. The van der Waals surface area contributed by atoms with Crippen LogP contribution in [0.25, 0.3) is 0 Å². The Bertz CT molecular complexity index is 271. The Morgan fingerprint density at radius 1 is 1.85 bits per heavy atom. The molecular formula is C9H10ClFO2. The van der Waals surface area contributed by atoms with E-state index in [2.05, 4.69) is 0 Å². The number of carbonyl (C=O) groups excluding carboxylic acids is 1. The average Bonchev–Trinajstić information content (AvgIpc) is 2.11. The highest BCUT2D eigenvalue weighted by Crippen LogP contribution is 2.31. The minimum Gasteiger partial charge on any atom is -0.490 e. The number of hydrogen-bond donors (Lipinski definition) is 0. The Labute approximate surface area is 81.0 Å². The van der Waals surface area contributed by atoms with Gasteiger partial charge in [0.2, 0.25) is 0 Å². The predicted octanol–water partition coefficient (Wildman–Crippen LogP) is 2.55. The summed E-state index contributed by atoms with van der Waals surface area (Å²) in [5, 5.41) is 0.183. The SMILES string of the molecule is CCOC1=C(F)CC(C=O)C=C1Cl. The van der Waals surface area contributed by atoms with Crippen LogP contribution in [0.1, 0.15) is 13.3 Å². The lowest BCUT2D eigenvalue weighted by Crippen LogP contribution is -2.08. The molecule has 0 aromatic rings. The molecule has 0 saturated heterocycles. The molecule has 0 aliphatic heterocycles. The van der Waals surface area contributed by atoms with Crippen LogP contribution in [0.15, 0.2) is 22.7 Å². The number of ether oxygens (including phenoxy) is 1. The Morgan fingerprint density at radius 2 is 2.54 bits per heavy atom. The highest BCUT2D eigenvalue weighted by molar-refractivity contribution is 6.32. The zero-order valence-electron chi connectivity index (χ0n) is 7.22. The molecule has 0 amide bonds. The van der Waals surface area contributed by atoms with Gasteiger partial charge in [-0.3, -0.25) is 0 Å². The van der Waals surface area contributed by atoms with Crippen LogP contribution < -0.4 is 0 Å². The summed E-state index contributed by atoms with van der Waals surface area (Å²) in [6, 6.07) is 0. The van der Waals surface area contributed by atoms with Crippen LogP contribution in [0, 0.1) is 5.92 Å². The Hall–Kier alpha value is -0.830. The normalized spacial score (nSPS) is 22.7. The zero-order valence-corrected chi connectivity index (χ0v) is 7.97. The van der Waals surface area contributed by atoms with E-state index in [0.29, 0.717) is 12.9 Å². The molecule has 0 bridgehead atoms. The Morgan fingerprint density at radius 3 is 3.00 bits per heavy atom. The van der Waals surface area contributed by atoms with E-state index in [1.54, 1.807) is 6.92 Å². The van der Waals surface area contributed by atoms with E-state index >= 15 is 0 Å². The van der Waals surface area contributed by atoms with Crippen LogP contribution >= 0.6 is 11.6 Å². The fraction of sp³-hybridized carbons (Fsp3) is 0.444.